The number of carboxylic acid groups (broad SMARTS) is 1. The number of ether oxygens (including phenoxy) is 1. The van der Waals surface area contributed by atoms with E-state index in [2.05, 4.69) is 0 Å². The van der Waals surface area contributed by atoms with Gasteiger partial charge in [0.2, 0.25) is 0 Å². The Labute approximate surface area is 155 Å². The number of aliphatic carboxylic acids is 1. The second-order valence-corrected chi connectivity index (χ2v) is 6.85. The molecule has 0 atom stereocenters. The highest BCUT2D eigenvalue weighted by Gasteiger charge is 2.28. The Morgan fingerprint density at radius 2 is 1.46 bits per heavy atom. The van der Waals surface area contributed by atoms with Crippen LogP contribution in [0.15, 0.2) is 60.7 Å². The number of carbonyl (C=O) groups is 2. The van der Waals surface area contributed by atoms with Crippen LogP contribution in [0.3, 0.4) is 0 Å². The third-order valence-electron chi connectivity index (χ3n) is 3.98. The van der Waals surface area contributed by atoms with E-state index >= 15 is 0 Å². The molecule has 0 saturated carbocycles. The van der Waals surface area contributed by atoms with Gasteiger partial charge in [0.25, 0.3) is 0 Å². The summed E-state index contributed by atoms with van der Waals surface area (Å²) in [5.41, 5.74) is 1.24. The summed E-state index contributed by atoms with van der Waals surface area (Å²) >= 11 is 0. The highest BCUT2D eigenvalue weighted by molar-refractivity contribution is 5.80. The highest BCUT2D eigenvalue weighted by atomic mass is 16.5. The van der Waals surface area contributed by atoms with Gasteiger partial charge in [-0.25, -0.2) is 0 Å². The Kier molecular flexibility index (Phi) is 8.56. The minimum atomic E-state index is -0.797. The zero-order chi connectivity index (χ0) is 19.6. The molecule has 2 rings (SSSR count). The Morgan fingerprint density at radius 1 is 0.962 bits per heavy atom. The Balaban J connectivity index is 0.000000263. The zero-order valence-corrected chi connectivity index (χ0v) is 15.9. The number of hydrogen-bond donors (Lipinski definition) is 1. The van der Waals surface area contributed by atoms with Crippen LogP contribution in [0.5, 0.6) is 0 Å². The summed E-state index contributed by atoms with van der Waals surface area (Å²) in [5.74, 6) is -0.958. The van der Waals surface area contributed by atoms with E-state index in [9.17, 15) is 9.59 Å². The Hall–Kier alpha value is -2.62. The molecule has 4 heteroatoms. The van der Waals surface area contributed by atoms with Gasteiger partial charge in [0.15, 0.2) is 0 Å². The summed E-state index contributed by atoms with van der Waals surface area (Å²) in [6.45, 7) is 7.55. The number of benzene rings is 2. The molecule has 0 fully saturated rings. The van der Waals surface area contributed by atoms with E-state index < -0.39 is 11.4 Å². The zero-order valence-electron chi connectivity index (χ0n) is 15.9. The predicted octanol–water partition coefficient (Wildman–Crippen LogP) is 4.48. The van der Waals surface area contributed by atoms with E-state index in [0.717, 1.165) is 12.0 Å². The van der Waals surface area contributed by atoms with E-state index in [4.69, 9.17) is 9.84 Å². The van der Waals surface area contributed by atoms with E-state index in [1.807, 2.05) is 74.5 Å². The van der Waals surface area contributed by atoms with Gasteiger partial charge in [0, 0.05) is 6.42 Å². The Bertz CT molecular complexity index is 676. The van der Waals surface area contributed by atoms with E-state index in [1.165, 1.54) is 5.56 Å². The normalized spacial score (nSPS) is 10.7. The number of carbonyl (C=O) groups excluding carboxylic acids is 1. The molecule has 1 N–H and O–H groups in total. The van der Waals surface area contributed by atoms with Gasteiger partial charge >= 0.3 is 11.9 Å². The molecule has 0 heterocycles. The van der Waals surface area contributed by atoms with Crippen LogP contribution in [-0.2, 0) is 26.2 Å². The van der Waals surface area contributed by atoms with Crippen molar-refractivity contribution >= 4 is 11.9 Å². The summed E-state index contributed by atoms with van der Waals surface area (Å²) in [4.78, 5) is 21.9. The summed E-state index contributed by atoms with van der Waals surface area (Å²) < 4.78 is 5.07. The first kappa shape index (κ1) is 21.4. The molecule has 0 aliphatic carbocycles. The third kappa shape index (κ3) is 7.09. The molecule has 0 bridgehead atoms. The van der Waals surface area contributed by atoms with Crippen LogP contribution in [0, 0.1) is 5.92 Å². The molecule has 0 aliphatic heterocycles. The van der Waals surface area contributed by atoms with Crippen molar-refractivity contribution in [3.05, 3.63) is 71.8 Å². The van der Waals surface area contributed by atoms with Crippen molar-refractivity contribution in [3.63, 3.8) is 0 Å². The van der Waals surface area contributed by atoms with Crippen LogP contribution in [0.2, 0.25) is 0 Å². The molecule has 0 spiro atoms. The van der Waals surface area contributed by atoms with Gasteiger partial charge in [-0.15, -0.1) is 0 Å². The maximum Gasteiger partial charge on any atom is 0.313 e. The van der Waals surface area contributed by atoms with Crippen molar-refractivity contribution in [3.8, 4) is 0 Å². The summed E-state index contributed by atoms with van der Waals surface area (Å²) in [7, 11) is 0. The molecule has 0 aliphatic rings. The highest BCUT2D eigenvalue weighted by Crippen LogP contribution is 2.22. The molecular weight excluding hydrogens is 328 g/mol. The SMILES string of the molecule is CC(C)(C(=O)O)c1ccccc1.CC(C)C(=O)OCCc1ccccc1. The third-order valence-corrected chi connectivity index (χ3v) is 3.98. The molecule has 4 nitrogen and oxygen atoms in total. The summed E-state index contributed by atoms with van der Waals surface area (Å²) in [5, 5.41) is 8.89. The second-order valence-electron chi connectivity index (χ2n) is 6.85. The molecule has 140 valence electrons. The summed E-state index contributed by atoms with van der Waals surface area (Å²) in [6, 6.07) is 19.2. The second kappa shape index (κ2) is 10.4. The van der Waals surface area contributed by atoms with Gasteiger partial charge in [-0.1, -0.05) is 74.5 Å². The first-order valence-corrected chi connectivity index (χ1v) is 8.74. The minimum Gasteiger partial charge on any atom is -0.481 e. The maximum absolute atomic E-state index is 11.1. The number of rotatable bonds is 6. The largest absolute Gasteiger partial charge is 0.481 e. The predicted molar refractivity (Wildman–Crippen MR) is 103 cm³/mol. The van der Waals surface area contributed by atoms with Crippen molar-refractivity contribution in [1.29, 1.82) is 0 Å². The van der Waals surface area contributed by atoms with Gasteiger partial charge in [-0.2, -0.15) is 0 Å². The van der Waals surface area contributed by atoms with Crippen LogP contribution >= 0.6 is 0 Å². The average Bonchev–Trinajstić information content (AvgIpc) is 2.63. The molecule has 0 unspecified atom stereocenters. The van der Waals surface area contributed by atoms with Crippen molar-refractivity contribution in [2.75, 3.05) is 6.61 Å². The van der Waals surface area contributed by atoms with E-state index in [-0.39, 0.29) is 11.9 Å². The summed E-state index contributed by atoms with van der Waals surface area (Å²) in [6.07, 6.45) is 0.791. The number of hydrogen-bond acceptors (Lipinski definition) is 3. The number of esters is 1. The van der Waals surface area contributed by atoms with Crippen LogP contribution < -0.4 is 0 Å². The van der Waals surface area contributed by atoms with Crippen molar-refractivity contribution in [2.45, 2.75) is 39.5 Å². The standard InChI is InChI=1S/C12H16O2.C10H12O2/c1-10(2)12(13)14-9-8-11-6-4-3-5-7-11;1-10(2,9(11)12)8-6-4-3-5-7-8/h3-7,10H,8-9H2,1-2H3;3-7H,1-2H3,(H,11,12). The lowest BCUT2D eigenvalue weighted by Crippen LogP contribution is -2.28. The van der Waals surface area contributed by atoms with Crippen LogP contribution in [0.4, 0.5) is 0 Å². The van der Waals surface area contributed by atoms with Crippen molar-refractivity contribution < 1.29 is 19.4 Å². The monoisotopic (exact) mass is 356 g/mol. The lowest BCUT2D eigenvalue weighted by atomic mass is 9.85. The van der Waals surface area contributed by atoms with Crippen LogP contribution in [0.25, 0.3) is 0 Å². The fourth-order valence-corrected chi connectivity index (χ4v) is 2.06. The van der Waals surface area contributed by atoms with Crippen molar-refractivity contribution in [2.24, 2.45) is 5.92 Å². The fraction of sp³-hybridized carbons (Fsp3) is 0.364. The van der Waals surface area contributed by atoms with E-state index in [1.54, 1.807) is 13.8 Å². The first-order valence-electron chi connectivity index (χ1n) is 8.74. The molecule has 2 aromatic rings. The maximum atomic E-state index is 11.1. The quantitative estimate of drug-likeness (QED) is 0.775. The topological polar surface area (TPSA) is 63.6 Å². The molecule has 0 saturated heterocycles. The van der Waals surface area contributed by atoms with Crippen molar-refractivity contribution in [1.82, 2.24) is 0 Å². The van der Waals surface area contributed by atoms with Gasteiger partial charge in [0.05, 0.1) is 17.9 Å². The number of carboxylic acids is 1. The smallest absolute Gasteiger partial charge is 0.313 e. The molecule has 2 aromatic carbocycles. The molecular formula is C22H28O4. The molecule has 26 heavy (non-hydrogen) atoms. The van der Waals surface area contributed by atoms with Crippen LogP contribution in [-0.4, -0.2) is 23.7 Å². The molecule has 0 aromatic heterocycles. The van der Waals surface area contributed by atoms with Crippen LogP contribution in [0.1, 0.15) is 38.8 Å². The average molecular weight is 356 g/mol. The van der Waals surface area contributed by atoms with Gasteiger partial charge in [0.1, 0.15) is 0 Å². The van der Waals surface area contributed by atoms with Gasteiger partial charge < -0.3 is 9.84 Å². The molecule has 0 amide bonds. The lowest BCUT2D eigenvalue weighted by molar-refractivity contribution is -0.147. The van der Waals surface area contributed by atoms with Gasteiger partial charge in [-0.05, 0) is 25.0 Å². The molecule has 0 radical (unpaired) electrons. The fourth-order valence-electron chi connectivity index (χ4n) is 2.06. The van der Waals surface area contributed by atoms with Gasteiger partial charge in [-0.3, -0.25) is 9.59 Å². The van der Waals surface area contributed by atoms with E-state index in [0.29, 0.717) is 6.61 Å². The first-order chi connectivity index (χ1) is 12.2. The lowest BCUT2D eigenvalue weighted by Gasteiger charge is -2.18. The Morgan fingerprint density at radius 3 is 1.92 bits per heavy atom. The minimum absolute atomic E-state index is 0.0363.